The Morgan fingerprint density at radius 2 is 2.08 bits per heavy atom. The van der Waals surface area contributed by atoms with Gasteiger partial charge in [0, 0.05) is 12.1 Å². The molecule has 1 aliphatic rings. The number of anilines is 1. The molecule has 1 amide bonds. The van der Waals surface area contributed by atoms with Gasteiger partial charge in [-0.25, -0.2) is 8.42 Å². The molecule has 2 aromatic heterocycles. The fourth-order valence-electron chi connectivity index (χ4n) is 4.31. The van der Waals surface area contributed by atoms with Crippen molar-refractivity contribution in [2.45, 2.75) is 24.5 Å². The van der Waals surface area contributed by atoms with Crippen LogP contribution in [0.2, 0.25) is 0 Å². The summed E-state index contributed by atoms with van der Waals surface area (Å²) in [5.41, 5.74) is 8.39. The van der Waals surface area contributed by atoms with Crippen molar-refractivity contribution in [2.75, 3.05) is 25.0 Å². The van der Waals surface area contributed by atoms with E-state index in [1.165, 1.54) is 13.2 Å². The van der Waals surface area contributed by atoms with Gasteiger partial charge in [0.25, 0.3) is 15.9 Å². The third-order valence-electron chi connectivity index (χ3n) is 6.04. The highest BCUT2D eigenvalue weighted by atomic mass is 32.2. The van der Waals surface area contributed by atoms with Gasteiger partial charge in [0.05, 0.1) is 38.6 Å². The Morgan fingerprint density at radius 1 is 1.26 bits per heavy atom. The summed E-state index contributed by atoms with van der Waals surface area (Å²) in [6.45, 7) is 1.52. The van der Waals surface area contributed by atoms with Gasteiger partial charge in [0.1, 0.15) is 28.4 Å². The molecule has 0 fully saturated rings. The summed E-state index contributed by atoms with van der Waals surface area (Å²) in [7, 11) is -2.62. The smallest absolute Gasteiger partial charge is 0.298 e. The Bertz CT molecular complexity index is 1670. The maximum absolute atomic E-state index is 13.2. The number of rotatable bonds is 9. The Balaban J connectivity index is 1.43. The predicted octanol–water partition coefficient (Wildman–Crippen LogP) is 1.69. The topological polar surface area (TPSA) is 155 Å². The molecule has 4 aromatic rings. The lowest BCUT2D eigenvalue weighted by atomic mass is 10.1. The van der Waals surface area contributed by atoms with Crippen LogP contribution in [0.25, 0.3) is 11.0 Å². The van der Waals surface area contributed by atoms with Crippen LogP contribution >= 0.6 is 0 Å². The molecular weight excluding hydrogens is 512 g/mol. The molecule has 3 heterocycles. The number of nitrogens with zero attached hydrogens (tertiary/aromatic N) is 4. The first-order valence-electron chi connectivity index (χ1n) is 11.5. The van der Waals surface area contributed by atoms with E-state index in [1.807, 2.05) is 0 Å². The number of terminal acetylenes is 1. The van der Waals surface area contributed by atoms with E-state index >= 15 is 0 Å². The first-order chi connectivity index (χ1) is 18.3. The molecule has 0 aliphatic carbocycles. The molecule has 0 atom stereocenters. The van der Waals surface area contributed by atoms with Crippen molar-refractivity contribution in [2.24, 2.45) is 5.73 Å². The molecule has 0 saturated carbocycles. The highest BCUT2D eigenvalue weighted by Gasteiger charge is 2.27. The largest absolute Gasteiger partial charge is 0.496 e. The summed E-state index contributed by atoms with van der Waals surface area (Å²) in [6.07, 6.45) is 6.97. The van der Waals surface area contributed by atoms with Crippen LogP contribution in [-0.2, 0) is 34.5 Å². The average molecular weight is 537 g/mol. The number of carbonyl (C=O) groups excluding carboxylic acids is 1. The second kappa shape index (κ2) is 10.1. The molecule has 0 spiro atoms. The summed E-state index contributed by atoms with van der Waals surface area (Å²) in [5.74, 6) is 2.26. The minimum Gasteiger partial charge on any atom is -0.496 e. The average Bonchev–Trinajstić information content (AvgIpc) is 3.62. The lowest BCUT2D eigenvalue weighted by Crippen LogP contribution is -2.24. The number of methoxy groups -OCH3 is 1. The summed E-state index contributed by atoms with van der Waals surface area (Å²) in [4.78, 5) is 13.4. The van der Waals surface area contributed by atoms with Gasteiger partial charge in [0.15, 0.2) is 11.4 Å². The van der Waals surface area contributed by atoms with Crippen LogP contribution in [0.5, 0.6) is 11.5 Å². The summed E-state index contributed by atoms with van der Waals surface area (Å²) >= 11 is 0. The van der Waals surface area contributed by atoms with Gasteiger partial charge >= 0.3 is 0 Å². The van der Waals surface area contributed by atoms with Gasteiger partial charge in [-0.05, 0) is 35.7 Å². The fourth-order valence-corrected chi connectivity index (χ4v) is 5.46. The van der Waals surface area contributed by atoms with Gasteiger partial charge < -0.3 is 24.6 Å². The molecule has 1 aliphatic heterocycles. The SMILES string of the molecule is C#CC(=O)N1Cc2cnn(Cc3cc(OC)c4c(NS(=O)(=O)c5ccccc5OCCN)noc4c3)c2C1. The number of aromatic nitrogens is 3. The molecule has 3 N–H and O–H groups in total. The normalized spacial score (nSPS) is 12.8. The number of ether oxygens (including phenoxy) is 2. The number of amides is 1. The van der Waals surface area contributed by atoms with E-state index in [2.05, 4.69) is 20.9 Å². The molecule has 0 bridgehead atoms. The van der Waals surface area contributed by atoms with Crippen LogP contribution in [0, 0.1) is 12.3 Å². The zero-order valence-corrected chi connectivity index (χ0v) is 21.2. The van der Waals surface area contributed by atoms with Crippen LogP contribution in [0.4, 0.5) is 5.82 Å². The quantitative estimate of drug-likeness (QED) is 0.304. The van der Waals surface area contributed by atoms with Crippen molar-refractivity contribution in [3.63, 3.8) is 0 Å². The maximum atomic E-state index is 13.2. The van der Waals surface area contributed by atoms with Gasteiger partial charge in [-0.3, -0.25) is 14.2 Å². The molecule has 2 aromatic carbocycles. The molecule has 38 heavy (non-hydrogen) atoms. The lowest BCUT2D eigenvalue weighted by Gasteiger charge is -2.13. The van der Waals surface area contributed by atoms with E-state index in [9.17, 15) is 13.2 Å². The number of nitrogens with one attached hydrogen (secondary N) is 1. The number of benzene rings is 2. The highest BCUT2D eigenvalue weighted by molar-refractivity contribution is 7.92. The van der Waals surface area contributed by atoms with Crippen molar-refractivity contribution in [1.82, 2.24) is 19.8 Å². The second-order valence-electron chi connectivity index (χ2n) is 8.47. The van der Waals surface area contributed by atoms with Crippen LogP contribution in [-0.4, -0.2) is 54.4 Å². The Hall–Kier alpha value is -4.54. The van der Waals surface area contributed by atoms with Crippen LogP contribution in [0.1, 0.15) is 16.8 Å². The number of para-hydroxylation sites is 1. The predicted molar refractivity (Wildman–Crippen MR) is 137 cm³/mol. The van der Waals surface area contributed by atoms with Crippen LogP contribution in [0.15, 0.2) is 52.0 Å². The number of carbonyl (C=O) groups is 1. The Kier molecular flexibility index (Phi) is 6.66. The molecule has 0 radical (unpaired) electrons. The number of fused-ring (bicyclic) bond motifs is 2. The van der Waals surface area contributed by atoms with Crippen molar-refractivity contribution in [3.8, 4) is 23.8 Å². The minimum absolute atomic E-state index is 0.0274. The second-order valence-corrected chi connectivity index (χ2v) is 10.1. The van der Waals surface area contributed by atoms with Crippen molar-refractivity contribution >= 4 is 32.7 Å². The van der Waals surface area contributed by atoms with Gasteiger partial charge in [-0.15, -0.1) is 6.42 Å². The summed E-state index contributed by atoms with van der Waals surface area (Å²) in [5, 5.41) is 8.74. The van der Waals surface area contributed by atoms with Crippen molar-refractivity contribution in [1.29, 1.82) is 0 Å². The summed E-state index contributed by atoms with van der Waals surface area (Å²) < 4.78 is 47.2. The van der Waals surface area contributed by atoms with Gasteiger partial charge in [-0.2, -0.15) is 5.10 Å². The molecule has 196 valence electrons. The monoisotopic (exact) mass is 536 g/mol. The standard InChI is InChI=1S/C25H24N6O6S/c1-3-23(32)30-14-17-12-27-31(18(17)15-30)13-16-10-20(35-2)24-21(11-16)37-28-25(24)29-38(33,34)22-7-5-4-6-19(22)36-9-8-26/h1,4-7,10-12H,8-9,13-15,26H2,2H3,(H,28,29). The van der Waals surface area contributed by atoms with Gasteiger partial charge in [0.2, 0.25) is 0 Å². The number of hydrogen-bond acceptors (Lipinski definition) is 9. The highest BCUT2D eigenvalue weighted by Crippen LogP contribution is 2.36. The van der Waals surface area contributed by atoms with Gasteiger partial charge in [-0.1, -0.05) is 17.3 Å². The number of nitrogens with two attached hydrogens (primary N) is 1. The molecule has 5 rings (SSSR count). The maximum Gasteiger partial charge on any atom is 0.298 e. The van der Waals surface area contributed by atoms with E-state index < -0.39 is 10.0 Å². The zero-order valence-electron chi connectivity index (χ0n) is 20.4. The Morgan fingerprint density at radius 3 is 2.84 bits per heavy atom. The molecule has 0 saturated heterocycles. The van der Waals surface area contributed by atoms with Crippen molar-refractivity contribution in [3.05, 3.63) is 59.4 Å². The molecule has 0 unspecified atom stereocenters. The first-order valence-corrected chi connectivity index (χ1v) is 13.0. The van der Waals surface area contributed by atoms with E-state index in [-0.39, 0.29) is 35.5 Å². The minimum atomic E-state index is -4.09. The number of hydrogen-bond donors (Lipinski definition) is 2. The molecule has 12 nitrogen and oxygen atoms in total. The van der Waals surface area contributed by atoms with E-state index in [1.54, 1.807) is 46.1 Å². The third-order valence-corrected chi connectivity index (χ3v) is 7.42. The van der Waals surface area contributed by atoms with Crippen LogP contribution < -0.4 is 19.9 Å². The first kappa shape index (κ1) is 25.1. The van der Waals surface area contributed by atoms with Crippen molar-refractivity contribution < 1.29 is 27.2 Å². The summed E-state index contributed by atoms with van der Waals surface area (Å²) in [6, 6.07) is 9.71. The Labute approximate surface area is 218 Å². The molecule has 13 heteroatoms. The lowest BCUT2D eigenvalue weighted by molar-refractivity contribution is -0.125. The molecular formula is C25H24N6O6S. The fraction of sp³-hybridized carbons (Fsp3) is 0.240. The van der Waals surface area contributed by atoms with E-state index in [0.717, 1.165) is 16.8 Å². The third kappa shape index (κ3) is 4.62. The zero-order chi connectivity index (χ0) is 26.9. The van der Waals surface area contributed by atoms with E-state index in [4.69, 9.17) is 26.2 Å². The van der Waals surface area contributed by atoms with Crippen LogP contribution in [0.3, 0.4) is 0 Å². The van der Waals surface area contributed by atoms with E-state index in [0.29, 0.717) is 36.4 Å². The number of sulfonamides is 1.